The van der Waals surface area contributed by atoms with Crippen LogP contribution in [0.15, 0.2) is 59.6 Å². The first-order chi connectivity index (χ1) is 8.92. The zero-order valence-electron chi connectivity index (χ0n) is 9.58. The number of hydrogen-bond acceptors (Lipinski definition) is 4. The van der Waals surface area contributed by atoms with Crippen molar-refractivity contribution in [3.8, 4) is 11.1 Å². The minimum Gasteiger partial charge on any atom is -0.324 e. The molecule has 0 aliphatic heterocycles. The van der Waals surface area contributed by atoms with Gasteiger partial charge in [-0.1, -0.05) is 18.2 Å². The van der Waals surface area contributed by atoms with Gasteiger partial charge in [-0.05, 0) is 34.5 Å². The molecule has 0 spiro atoms. The van der Waals surface area contributed by atoms with Gasteiger partial charge in [0.2, 0.25) is 5.95 Å². The Kier molecular flexibility index (Phi) is 3.02. The third kappa shape index (κ3) is 2.38. The average molecular weight is 253 g/mol. The highest BCUT2D eigenvalue weighted by Crippen LogP contribution is 2.21. The minimum absolute atomic E-state index is 0.611. The van der Waals surface area contributed by atoms with Crippen LogP contribution < -0.4 is 5.32 Å². The standard InChI is InChI=1S/C14H11N3S/c1-2-4-13(5-3-1)17-14-15-8-12(9-16-14)11-6-7-18-10-11/h1-10H,(H,15,16,17). The van der Waals surface area contributed by atoms with E-state index in [0.29, 0.717) is 5.95 Å². The van der Waals surface area contributed by atoms with Crippen LogP contribution in [0.3, 0.4) is 0 Å². The van der Waals surface area contributed by atoms with Gasteiger partial charge in [-0.3, -0.25) is 0 Å². The number of hydrogen-bond donors (Lipinski definition) is 1. The van der Waals surface area contributed by atoms with Gasteiger partial charge in [0.15, 0.2) is 0 Å². The molecule has 0 saturated carbocycles. The van der Waals surface area contributed by atoms with Crippen molar-refractivity contribution >= 4 is 23.0 Å². The van der Waals surface area contributed by atoms with Crippen LogP contribution in [0.4, 0.5) is 11.6 Å². The Morgan fingerprint density at radius 1 is 0.889 bits per heavy atom. The Bertz CT molecular complexity index is 603. The van der Waals surface area contributed by atoms with Gasteiger partial charge in [-0.25, -0.2) is 9.97 Å². The smallest absolute Gasteiger partial charge is 0.227 e. The Morgan fingerprint density at radius 3 is 2.33 bits per heavy atom. The lowest BCUT2D eigenvalue weighted by Gasteiger charge is -2.04. The fourth-order valence-electron chi connectivity index (χ4n) is 1.62. The Balaban J connectivity index is 1.80. The second-order valence-corrected chi connectivity index (χ2v) is 4.58. The number of anilines is 2. The van der Waals surface area contributed by atoms with Gasteiger partial charge in [0.25, 0.3) is 0 Å². The van der Waals surface area contributed by atoms with E-state index in [9.17, 15) is 0 Å². The third-order valence-electron chi connectivity index (χ3n) is 2.54. The van der Waals surface area contributed by atoms with Crippen LogP contribution in [0, 0.1) is 0 Å². The van der Waals surface area contributed by atoms with Crippen molar-refractivity contribution in [2.24, 2.45) is 0 Å². The van der Waals surface area contributed by atoms with Crippen LogP contribution in [0.2, 0.25) is 0 Å². The minimum atomic E-state index is 0.611. The maximum atomic E-state index is 4.31. The molecule has 0 fully saturated rings. The fraction of sp³-hybridized carbons (Fsp3) is 0. The van der Waals surface area contributed by atoms with Crippen LogP contribution in [0.5, 0.6) is 0 Å². The maximum absolute atomic E-state index is 4.31. The first-order valence-corrected chi connectivity index (χ1v) is 6.53. The fourth-order valence-corrected chi connectivity index (χ4v) is 2.29. The maximum Gasteiger partial charge on any atom is 0.227 e. The number of nitrogens with zero attached hydrogens (tertiary/aromatic N) is 2. The number of rotatable bonds is 3. The SMILES string of the molecule is c1ccc(Nc2ncc(-c3ccsc3)cn2)cc1. The third-order valence-corrected chi connectivity index (χ3v) is 3.22. The summed E-state index contributed by atoms with van der Waals surface area (Å²) in [6, 6.07) is 12.0. The second-order valence-electron chi connectivity index (χ2n) is 3.80. The molecule has 0 aliphatic rings. The van der Waals surface area contributed by atoms with Crippen molar-refractivity contribution in [3.05, 3.63) is 59.6 Å². The Labute approximate surface area is 109 Å². The van der Waals surface area contributed by atoms with Gasteiger partial charge in [0.1, 0.15) is 0 Å². The number of thiophene rings is 1. The Hall–Kier alpha value is -2.20. The molecule has 0 atom stereocenters. The molecular formula is C14H11N3S. The summed E-state index contributed by atoms with van der Waals surface area (Å²) >= 11 is 1.67. The van der Waals surface area contributed by atoms with E-state index < -0.39 is 0 Å². The van der Waals surface area contributed by atoms with Gasteiger partial charge in [-0.15, -0.1) is 0 Å². The van der Waals surface area contributed by atoms with Crippen LogP contribution in [0.25, 0.3) is 11.1 Å². The van der Waals surface area contributed by atoms with Crippen molar-refractivity contribution in [2.75, 3.05) is 5.32 Å². The topological polar surface area (TPSA) is 37.8 Å². The quantitative estimate of drug-likeness (QED) is 0.768. The molecule has 88 valence electrons. The highest BCUT2D eigenvalue weighted by molar-refractivity contribution is 7.08. The molecule has 0 bridgehead atoms. The molecule has 18 heavy (non-hydrogen) atoms. The molecule has 0 unspecified atom stereocenters. The summed E-state index contributed by atoms with van der Waals surface area (Å²) in [6.45, 7) is 0. The number of aromatic nitrogens is 2. The van der Waals surface area contributed by atoms with Crippen LogP contribution in [0.1, 0.15) is 0 Å². The Morgan fingerprint density at radius 2 is 1.67 bits per heavy atom. The monoisotopic (exact) mass is 253 g/mol. The molecule has 0 aliphatic carbocycles. The van der Waals surface area contributed by atoms with Gasteiger partial charge in [0.05, 0.1) is 0 Å². The highest BCUT2D eigenvalue weighted by atomic mass is 32.1. The lowest BCUT2D eigenvalue weighted by atomic mass is 10.2. The van der Waals surface area contributed by atoms with Crippen molar-refractivity contribution in [1.82, 2.24) is 9.97 Å². The first-order valence-electron chi connectivity index (χ1n) is 5.58. The molecule has 3 rings (SSSR count). The van der Waals surface area contributed by atoms with Crippen LogP contribution >= 0.6 is 11.3 Å². The predicted octanol–water partition coefficient (Wildman–Crippen LogP) is 3.95. The number of benzene rings is 1. The van der Waals surface area contributed by atoms with E-state index in [2.05, 4.69) is 26.7 Å². The molecule has 0 saturated heterocycles. The molecule has 4 heteroatoms. The largest absolute Gasteiger partial charge is 0.324 e. The van der Waals surface area contributed by atoms with Gasteiger partial charge < -0.3 is 5.32 Å². The van der Waals surface area contributed by atoms with E-state index >= 15 is 0 Å². The number of nitrogens with one attached hydrogen (secondary N) is 1. The summed E-state index contributed by atoms with van der Waals surface area (Å²) < 4.78 is 0. The van der Waals surface area contributed by atoms with Crippen molar-refractivity contribution in [2.45, 2.75) is 0 Å². The zero-order valence-corrected chi connectivity index (χ0v) is 10.4. The molecular weight excluding hydrogens is 242 g/mol. The average Bonchev–Trinajstić information content (AvgIpc) is 2.95. The van der Waals surface area contributed by atoms with Crippen LogP contribution in [-0.4, -0.2) is 9.97 Å². The van der Waals surface area contributed by atoms with Gasteiger partial charge in [-0.2, -0.15) is 11.3 Å². The molecule has 0 radical (unpaired) electrons. The van der Waals surface area contributed by atoms with E-state index in [1.165, 1.54) is 0 Å². The molecule has 3 aromatic rings. The molecule has 2 heterocycles. The van der Waals surface area contributed by atoms with E-state index in [1.807, 2.05) is 48.1 Å². The summed E-state index contributed by atoms with van der Waals surface area (Å²) in [5, 5.41) is 7.29. The van der Waals surface area contributed by atoms with Gasteiger partial charge in [0, 0.05) is 23.6 Å². The van der Waals surface area contributed by atoms with Crippen molar-refractivity contribution < 1.29 is 0 Å². The summed E-state index contributed by atoms with van der Waals surface area (Å²) in [5.74, 6) is 0.611. The number of para-hydroxylation sites is 1. The van der Waals surface area contributed by atoms with Gasteiger partial charge >= 0.3 is 0 Å². The summed E-state index contributed by atoms with van der Waals surface area (Å²) in [6.07, 6.45) is 3.67. The van der Waals surface area contributed by atoms with E-state index in [1.54, 1.807) is 11.3 Å². The van der Waals surface area contributed by atoms with E-state index in [-0.39, 0.29) is 0 Å². The summed E-state index contributed by atoms with van der Waals surface area (Å²) in [7, 11) is 0. The molecule has 2 aromatic heterocycles. The van der Waals surface area contributed by atoms with Crippen molar-refractivity contribution in [3.63, 3.8) is 0 Å². The predicted molar refractivity (Wildman–Crippen MR) is 75.1 cm³/mol. The molecule has 0 amide bonds. The highest BCUT2D eigenvalue weighted by Gasteiger charge is 2.00. The first kappa shape index (κ1) is 10.9. The zero-order chi connectivity index (χ0) is 12.2. The molecule has 1 N–H and O–H groups in total. The van der Waals surface area contributed by atoms with Crippen LogP contribution in [-0.2, 0) is 0 Å². The van der Waals surface area contributed by atoms with E-state index in [4.69, 9.17) is 0 Å². The van der Waals surface area contributed by atoms with E-state index in [0.717, 1.165) is 16.8 Å². The molecule has 1 aromatic carbocycles. The molecule has 3 nitrogen and oxygen atoms in total. The van der Waals surface area contributed by atoms with Crippen molar-refractivity contribution in [1.29, 1.82) is 0 Å². The normalized spacial score (nSPS) is 10.2. The second kappa shape index (κ2) is 4.98. The lowest BCUT2D eigenvalue weighted by Crippen LogP contribution is -1.96. The lowest BCUT2D eigenvalue weighted by molar-refractivity contribution is 1.17. The summed E-state index contributed by atoms with van der Waals surface area (Å²) in [4.78, 5) is 8.62. The summed E-state index contributed by atoms with van der Waals surface area (Å²) in [5.41, 5.74) is 3.18.